The molecule has 2 heterocycles. The molecule has 2 aromatic rings. The Kier molecular flexibility index (Phi) is 4.75. The summed E-state index contributed by atoms with van der Waals surface area (Å²) in [7, 11) is 3.48. The fraction of sp³-hybridized carbons (Fsp3) is 0.312. The number of halogens is 3. The Labute approximate surface area is 153 Å². The van der Waals surface area contributed by atoms with Crippen molar-refractivity contribution in [3.05, 3.63) is 46.7 Å². The van der Waals surface area contributed by atoms with Crippen molar-refractivity contribution in [1.82, 2.24) is 14.7 Å². The maximum Gasteiger partial charge on any atom is 0.235 e. The van der Waals surface area contributed by atoms with E-state index in [1.165, 1.54) is 10.7 Å². The van der Waals surface area contributed by atoms with E-state index in [2.05, 4.69) is 10.4 Å². The van der Waals surface area contributed by atoms with Gasteiger partial charge in [-0.1, -0.05) is 23.8 Å². The predicted molar refractivity (Wildman–Crippen MR) is 94.7 cm³/mol. The van der Waals surface area contributed by atoms with Gasteiger partial charge in [0, 0.05) is 32.6 Å². The van der Waals surface area contributed by atoms with E-state index in [1.54, 1.807) is 25.1 Å². The first-order valence-corrected chi connectivity index (χ1v) is 8.27. The Morgan fingerprint density at radius 3 is 2.68 bits per heavy atom. The zero-order valence-electron chi connectivity index (χ0n) is 13.5. The molecule has 0 radical (unpaired) electrons. The molecular weight excluding hydrogens is 370 g/mol. The largest absolute Gasteiger partial charge is 0.368 e. The highest BCUT2D eigenvalue weighted by Gasteiger charge is 2.43. The van der Waals surface area contributed by atoms with Gasteiger partial charge in [0.15, 0.2) is 0 Å². The number of nitrogens with one attached hydrogen (secondary N) is 1. The van der Waals surface area contributed by atoms with Gasteiger partial charge < -0.3 is 10.2 Å². The molecule has 1 aliphatic rings. The lowest BCUT2D eigenvalue weighted by Gasteiger charge is -2.16. The van der Waals surface area contributed by atoms with Crippen LogP contribution < -0.4 is 5.32 Å². The number of carbonyl (C=O) groups is 1. The van der Waals surface area contributed by atoms with Crippen LogP contribution in [0.2, 0.25) is 5.15 Å². The number of anilines is 1. The standard InChI is InChI=1S/C16H15ClF2N4OS/c1-22-7-9(12-6-13(17)23(2)21-12)14(16(22)25)15(24)20-11-4-3-8(18)5-10(11)19/h3-6,9,14H,7H2,1-2H3,(H,20,24)/t9-,14+/m1/s1. The first-order valence-electron chi connectivity index (χ1n) is 7.48. The van der Waals surface area contributed by atoms with Gasteiger partial charge in [-0.15, -0.1) is 0 Å². The van der Waals surface area contributed by atoms with E-state index in [1.807, 2.05) is 0 Å². The fourth-order valence-corrected chi connectivity index (χ4v) is 3.40. The van der Waals surface area contributed by atoms with Crippen molar-refractivity contribution in [2.24, 2.45) is 13.0 Å². The minimum atomic E-state index is -0.844. The summed E-state index contributed by atoms with van der Waals surface area (Å²) in [6.45, 7) is 0.496. The average molecular weight is 385 g/mol. The average Bonchev–Trinajstić information content (AvgIpc) is 3.03. The van der Waals surface area contributed by atoms with E-state index in [0.717, 1.165) is 6.07 Å². The summed E-state index contributed by atoms with van der Waals surface area (Å²) in [4.78, 5) is 15.0. The SMILES string of the molecule is CN1C[C@H](c2cc(Cl)n(C)n2)[C@@H](C(=O)Nc2ccc(F)cc2F)C1=S. The molecule has 1 N–H and O–H groups in total. The van der Waals surface area contributed by atoms with Crippen molar-refractivity contribution >= 4 is 40.4 Å². The lowest BCUT2D eigenvalue weighted by molar-refractivity contribution is -0.118. The summed E-state index contributed by atoms with van der Waals surface area (Å²) in [6.07, 6.45) is 0. The van der Waals surface area contributed by atoms with Crippen LogP contribution in [0.15, 0.2) is 24.3 Å². The van der Waals surface area contributed by atoms with E-state index in [4.69, 9.17) is 23.8 Å². The molecule has 0 unspecified atom stereocenters. The lowest BCUT2D eigenvalue weighted by Crippen LogP contribution is -2.32. The molecule has 1 aromatic heterocycles. The number of rotatable bonds is 3. The third-order valence-corrected chi connectivity index (χ3v) is 5.13. The third kappa shape index (κ3) is 3.36. The topological polar surface area (TPSA) is 50.2 Å². The Bertz CT molecular complexity index is 837. The Morgan fingerprint density at radius 2 is 2.08 bits per heavy atom. The molecule has 0 saturated carbocycles. The van der Waals surface area contributed by atoms with Crippen LogP contribution in [0.5, 0.6) is 0 Å². The van der Waals surface area contributed by atoms with Gasteiger partial charge in [0.1, 0.15) is 16.8 Å². The number of nitrogens with zero attached hydrogens (tertiary/aromatic N) is 3. The van der Waals surface area contributed by atoms with Crippen LogP contribution in [0, 0.1) is 17.6 Å². The van der Waals surface area contributed by atoms with Gasteiger partial charge in [0.25, 0.3) is 0 Å². The maximum atomic E-state index is 13.8. The van der Waals surface area contributed by atoms with E-state index in [-0.39, 0.29) is 11.6 Å². The summed E-state index contributed by atoms with van der Waals surface area (Å²) in [6, 6.07) is 4.65. The molecule has 1 aromatic carbocycles. The molecule has 1 saturated heterocycles. The van der Waals surface area contributed by atoms with Crippen LogP contribution in [0.4, 0.5) is 14.5 Å². The van der Waals surface area contributed by atoms with Crippen LogP contribution in [-0.2, 0) is 11.8 Å². The summed E-state index contributed by atoms with van der Waals surface area (Å²) in [5.41, 5.74) is 0.542. The normalized spacial score (nSPS) is 20.2. The van der Waals surface area contributed by atoms with Crippen LogP contribution in [0.25, 0.3) is 0 Å². The minimum Gasteiger partial charge on any atom is -0.368 e. The summed E-state index contributed by atoms with van der Waals surface area (Å²) in [5, 5.41) is 7.26. The highest BCUT2D eigenvalue weighted by Crippen LogP contribution is 2.35. The van der Waals surface area contributed by atoms with Gasteiger partial charge in [0.2, 0.25) is 5.91 Å². The first-order chi connectivity index (χ1) is 11.8. The van der Waals surface area contributed by atoms with Crippen molar-refractivity contribution in [1.29, 1.82) is 0 Å². The van der Waals surface area contributed by atoms with Gasteiger partial charge in [-0.05, 0) is 18.2 Å². The zero-order chi connectivity index (χ0) is 18.3. The van der Waals surface area contributed by atoms with E-state index < -0.39 is 23.5 Å². The Hall–Kier alpha value is -2.06. The summed E-state index contributed by atoms with van der Waals surface area (Å²) >= 11 is 11.4. The molecule has 25 heavy (non-hydrogen) atoms. The van der Waals surface area contributed by atoms with Crippen molar-refractivity contribution < 1.29 is 13.6 Å². The van der Waals surface area contributed by atoms with Gasteiger partial charge in [0.05, 0.1) is 22.3 Å². The van der Waals surface area contributed by atoms with Gasteiger partial charge in [-0.2, -0.15) is 5.10 Å². The number of hydrogen-bond acceptors (Lipinski definition) is 3. The molecule has 132 valence electrons. The Balaban J connectivity index is 1.88. The van der Waals surface area contributed by atoms with Crippen molar-refractivity contribution in [2.75, 3.05) is 18.9 Å². The number of carbonyl (C=O) groups excluding carboxylic acids is 1. The molecule has 1 fully saturated rings. The molecule has 1 aliphatic heterocycles. The molecule has 3 rings (SSSR count). The smallest absolute Gasteiger partial charge is 0.235 e. The molecular formula is C16H15ClF2N4OS. The summed E-state index contributed by atoms with van der Waals surface area (Å²) < 4.78 is 28.3. The van der Waals surface area contributed by atoms with Crippen LogP contribution >= 0.6 is 23.8 Å². The quantitative estimate of drug-likeness (QED) is 0.827. The second-order valence-electron chi connectivity index (χ2n) is 5.93. The maximum absolute atomic E-state index is 13.8. The summed E-state index contributed by atoms with van der Waals surface area (Å²) in [5.74, 6) is -3.03. The molecule has 1 amide bonds. The third-order valence-electron chi connectivity index (χ3n) is 4.21. The van der Waals surface area contributed by atoms with Crippen molar-refractivity contribution in [2.45, 2.75) is 5.92 Å². The van der Waals surface area contributed by atoms with Crippen LogP contribution in [0.1, 0.15) is 11.6 Å². The minimum absolute atomic E-state index is 0.0958. The molecule has 5 nitrogen and oxygen atoms in total. The van der Waals surface area contributed by atoms with Gasteiger partial charge in [-0.25, -0.2) is 8.78 Å². The van der Waals surface area contributed by atoms with E-state index in [0.29, 0.717) is 28.4 Å². The monoisotopic (exact) mass is 384 g/mol. The fourth-order valence-electron chi connectivity index (χ4n) is 2.91. The second-order valence-corrected chi connectivity index (χ2v) is 6.74. The number of hydrogen-bond donors (Lipinski definition) is 1. The number of likely N-dealkylation sites (tertiary alicyclic amines) is 1. The van der Waals surface area contributed by atoms with Crippen molar-refractivity contribution in [3.63, 3.8) is 0 Å². The van der Waals surface area contributed by atoms with Crippen molar-refractivity contribution in [3.8, 4) is 0 Å². The highest BCUT2D eigenvalue weighted by atomic mass is 35.5. The molecule has 0 aliphatic carbocycles. The van der Waals surface area contributed by atoms with Gasteiger partial charge >= 0.3 is 0 Å². The molecule has 0 bridgehead atoms. The zero-order valence-corrected chi connectivity index (χ0v) is 15.0. The number of aromatic nitrogens is 2. The molecule has 9 heteroatoms. The van der Waals surface area contributed by atoms with E-state index >= 15 is 0 Å². The van der Waals surface area contributed by atoms with Crippen LogP contribution in [0.3, 0.4) is 0 Å². The Morgan fingerprint density at radius 1 is 1.36 bits per heavy atom. The molecule has 0 spiro atoms. The predicted octanol–water partition coefficient (Wildman–Crippen LogP) is 2.96. The number of likely N-dealkylation sites (N-methyl/N-ethyl adjacent to an activating group) is 1. The lowest BCUT2D eigenvalue weighted by atomic mass is 9.92. The molecule has 2 atom stereocenters. The number of thiocarbonyl (C=S) groups is 1. The van der Waals surface area contributed by atoms with Gasteiger partial charge in [-0.3, -0.25) is 9.48 Å². The second kappa shape index (κ2) is 6.68. The van der Waals surface area contributed by atoms with E-state index in [9.17, 15) is 13.6 Å². The highest BCUT2D eigenvalue weighted by molar-refractivity contribution is 7.80. The van der Waals surface area contributed by atoms with Crippen LogP contribution in [-0.4, -0.2) is 39.2 Å². The first kappa shape index (κ1) is 17.8. The number of amides is 1. The number of benzene rings is 1. The number of aryl methyl sites for hydroxylation is 1.